The minimum Gasteiger partial charge on any atom is -0.550 e. The number of carbonyl (C=O) groups excluding carboxylic acids is 1. The lowest BCUT2D eigenvalue weighted by Gasteiger charge is -2.30. The van der Waals surface area contributed by atoms with Crippen molar-refractivity contribution in [1.82, 2.24) is 0 Å². The van der Waals surface area contributed by atoms with E-state index in [1.165, 1.54) is 0 Å². The average Bonchev–Trinajstić information content (AvgIpc) is 2.38. The highest BCUT2D eigenvalue weighted by Gasteiger charge is 2.30. The molecule has 0 saturated heterocycles. The maximum Gasteiger partial charge on any atom is 0.472 e. The zero-order chi connectivity index (χ0) is 18.1. The molecule has 23 heavy (non-hydrogen) atoms. The Morgan fingerprint density at radius 3 is 2.39 bits per heavy atom. The first kappa shape index (κ1) is 22.5. The highest BCUT2D eigenvalue weighted by Crippen LogP contribution is 2.45. The fourth-order valence-electron chi connectivity index (χ4n) is 1.88. The van der Waals surface area contributed by atoms with Crippen LogP contribution in [-0.2, 0) is 18.4 Å². The van der Waals surface area contributed by atoms with Gasteiger partial charge in [-0.15, -0.1) is 0 Å². The number of quaternary nitrogens is 1. The molecule has 0 bridgehead atoms. The van der Waals surface area contributed by atoms with Gasteiger partial charge in [-0.2, -0.15) is 0 Å². The van der Waals surface area contributed by atoms with Gasteiger partial charge in [-0.05, 0) is 19.3 Å². The van der Waals surface area contributed by atoms with Crippen molar-refractivity contribution in [3.05, 3.63) is 0 Å². The second kappa shape index (κ2) is 10.4. The van der Waals surface area contributed by atoms with Crippen LogP contribution in [0.15, 0.2) is 0 Å². The maximum absolute atomic E-state index is 11.9. The third-order valence-electron chi connectivity index (χ3n) is 2.83. The summed E-state index contributed by atoms with van der Waals surface area (Å²) in [6.45, 7) is -0.695. The predicted octanol–water partition coefficient (Wildman–Crippen LogP) is -1.14. The van der Waals surface area contributed by atoms with Crippen LogP contribution in [0.4, 0.5) is 0 Å². The Bertz CT molecular complexity index is 398. The molecule has 0 aliphatic rings. The van der Waals surface area contributed by atoms with Crippen LogP contribution < -0.4 is 5.11 Å². The molecule has 0 radical (unpaired) electrons. The van der Waals surface area contributed by atoms with Crippen LogP contribution in [-0.4, -0.2) is 78.7 Å². The van der Waals surface area contributed by atoms with Crippen LogP contribution in [0.3, 0.4) is 0 Å². The van der Waals surface area contributed by atoms with Crippen LogP contribution in [0.1, 0.15) is 25.7 Å². The van der Waals surface area contributed by atoms with Gasteiger partial charge in [-0.3, -0.25) is 9.05 Å². The highest BCUT2D eigenvalue weighted by atomic mass is 31.2. The van der Waals surface area contributed by atoms with Gasteiger partial charge in [0.2, 0.25) is 0 Å². The number of aliphatic hydroxyl groups excluding tert-OH is 2. The van der Waals surface area contributed by atoms with Crippen LogP contribution >= 0.6 is 7.82 Å². The summed E-state index contributed by atoms with van der Waals surface area (Å²) in [5.74, 6) is -1.14. The SMILES string of the molecule is C[N+](C)(C)CC(CCCCC(=O)[O-])OP(=O)(O)OC[C@H](O)CO. The fourth-order valence-corrected chi connectivity index (χ4v) is 2.85. The van der Waals surface area contributed by atoms with Gasteiger partial charge in [0.15, 0.2) is 0 Å². The van der Waals surface area contributed by atoms with Gasteiger partial charge in [-0.1, -0.05) is 6.42 Å². The summed E-state index contributed by atoms with van der Waals surface area (Å²) in [6.07, 6.45) is -0.679. The van der Waals surface area contributed by atoms with Crippen LogP contribution in [0.5, 0.6) is 0 Å². The molecule has 10 heteroatoms. The van der Waals surface area contributed by atoms with E-state index in [2.05, 4.69) is 4.52 Å². The number of phosphoric ester groups is 1. The molecule has 9 nitrogen and oxygen atoms in total. The monoisotopic (exact) mass is 357 g/mol. The zero-order valence-corrected chi connectivity index (χ0v) is 14.8. The zero-order valence-electron chi connectivity index (χ0n) is 13.9. The smallest absolute Gasteiger partial charge is 0.472 e. The molecule has 0 heterocycles. The summed E-state index contributed by atoms with van der Waals surface area (Å²) < 4.78 is 22.1. The number of hydrogen-bond donors (Lipinski definition) is 3. The molecule has 0 spiro atoms. The Balaban J connectivity index is 4.53. The summed E-state index contributed by atoms with van der Waals surface area (Å²) in [5, 5.41) is 28.2. The molecule has 0 aliphatic carbocycles. The Kier molecular flexibility index (Phi) is 10.1. The molecule has 0 aromatic heterocycles. The van der Waals surface area contributed by atoms with E-state index in [9.17, 15) is 19.4 Å². The lowest BCUT2D eigenvalue weighted by Crippen LogP contribution is -2.42. The largest absolute Gasteiger partial charge is 0.550 e. The van der Waals surface area contributed by atoms with Crippen molar-refractivity contribution in [2.75, 3.05) is 40.9 Å². The number of hydrogen-bond acceptors (Lipinski definition) is 7. The summed E-state index contributed by atoms with van der Waals surface area (Å²) in [6, 6.07) is 0. The van der Waals surface area contributed by atoms with Crippen molar-refractivity contribution in [2.24, 2.45) is 0 Å². The Morgan fingerprint density at radius 2 is 1.91 bits per heavy atom. The van der Waals surface area contributed by atoms with Gasteiger partial charge in [0, 0.05) is 5.97 Å². The Hall–Kier alpha value is -0.540. The molecule has 2 unspecified atom stereocenters. The number of aliphatic hydroxyl groups is 2. The van der Waals surface area contributed by atoms with Crippen molar-refractivity contribution in [3.63, 3.8) is 0 Å². The summed E-state index contributed by atoms with van der Waals surface area (Å²) in [4.78, 5) is 20.1. The van der Waals surface area contributed by atoms with E-state index in [-0.39, 0.29) is 6.42 Å². The maximum atomic E-state index is 11.9. The van der Waals surface area contributed by atoms with E-state index in [1.807, 2.05) is 21.1 Å². The molecular formula is C13H28NO8P. The third kappa shape index (κ3) is 13.6. The quantitative estimate of drug-likeness (QED) is 0.214. The van der Waals surface area contributed by atoms with Crippen LogP contribution in [0, 0.1) is 0 Å². The third-order valence-corrected chi connectivity index (χ3v) is 3.87. The number of unbranched alkanes of at least 4 members (excludes halogenated alkanes) is 1. The second-order valence-electron chi connectivity index (χ2n) is 6.42. The van der Waals surface area contributed by atoms with Crippen molar-refractivity contribution < 1.29 is 43.1 Å². The molecule has 0 aromatic rings. The molecular weight excluding hydrogens is 329 g/mol. The van der Waals surface area contributed by atoms with Gasteiger partial charge in [0.05, 0.1) is 34.4 Å². The van der Waals surface area contributed by atoms with E-state index < -0.39 is 39.2 Å². The van der Waals surface area contributed by atoms with Crippen LogP contribution in [0.25, 0.3) is 0 Å². The molecule has 0 amide bonds. The predicted molar refractivity (Wildman–Crippen MR) is 80.1 cm³/mol. The molecule has 3 atom stereocenters. The van der Waals surface area contributed by atoms with Crippen molar-refractivity contribution in [1.29, 1.82) is 0 Å². The number of rotatable bonds is 13. The lowest BCUT2D eigenvalue weighted by molar-refractivity contribution is -0.873. The van der Waals surface area contributed by atoms with E-state index in [1.54, 1.807) is 0 Å². The first-order chi connectivity index (χ1) is 10.4. The minimum atomic E-state index is -4.38. The molecule has 0 aromatic carbocycles. The number of carboxylic acids is 1. The number of phosphoric acid groups is 1. The Labute approximate surface area is 136 Å². The molecule has 0 fully saturated rings. The van der Waals surface area contributed by atoms with Gasteiger partial charge < -0.3 is 29.5 Å². The first-order valence-corrected chi connectivity index (χ1v) is 8.89. The van der Waals surface area contributed by atoms with Crippen molar-refractivity contribution in [3.8, 4) is 0 Å². The fraction of sp³-hybridized carbons (Fsp3) is 0.923. The second-order valence-corrected chi connectivity index (χ2v) is 7.82. The van der Waals surface area contributed by atoms with Crippen LogP contribution in [0.2, 0.25) is 0 Å². The lowest BCUT2D eigenvalue weighted by atomic mass is 10.1. The van der Waals surface area contributed by atoms with E-state index in [4.69, 9.17) is 14.7 Å². The molecule has 0 aliphatic heterocycles. The van der Waals surface area contributed by atoms with Gasteiger partial charge >= 0.3 is 7.82 Å². The molecule has 3 N–H and O–H groups in total. The summed E-state index contributed by atoms with van der Waals surface area (Å²) in [7, 11) is 1.28. The minimum absolute atomic E-state index is 0.0763. The first-order valence-electron chi connectivity index (χ1n) is 7.40. The summed E-state index contributed by atoms with van der Waals surface area (Å²) >= 11 is 0. The number of carboxylic acid groups (broad SMARTS) is 1. The summed E-state index contributed by atoms with van der Waals surface area (Å²) in [5.41, 5.74) is 0. The standard InChI is InChI=1S/C13H28NO8P/c1-14(2,3)8-12(6-4-5-7-13(17)18)22-23(19,20)21-10-11(16)9-15/h11-12,15-16H,4-10H2,1-3H3,(H-,17,18,19,20)/t11-,12?/m1/s1. The van der Waals surface area contributed by atoms with Gasteiger partial charge in [0.1, 0.15) is 18.8 Å². The van der Waals surface area contributed by atoms with E-state index in [0.717, 1.165) is 0 Å². The molecule has 138 valence electrons. The Morgan fingerprint density at radius 1 is 1.30 bits per heavy atom. The topological polar surface area (TPSA) is 136 Å². The van der Waals surface area contributed by atoms with Crippen molar-refractivity contribution >= 4 is 13.8 Å². The van der Waals surface area contributed by atoms with Crippen molar-refractivity contribution in [2.45, 2.75) is 37.9 Å². The molecule has 0 rings (SSSR count). The van der Waals surface area contributed by atoms with Gasteiger partial charge in [-0.25, -0.2) is 4.57 Å². The normalized spacial score (nSPS) is 17.5. The molecule has 0 saturated carbocycles. The number of nitrogens with zero attached hydrogens (tertiary/aromatic N) is 1. The highest BCUT2D eigenvalue weighted by molar-refractivity contribution is 7.47. The number of likely N-dealkylation sites (N-methyl/N-ethyl adjacent to an activating group) is 1. The number of aliphatic carboxylic acids is 1. The van der Waals surface area contributed by atoms with E-state index >= 15 is 0 Å². The number of carbonyl (C=O) groups is 1. The van der Waals surface area contributed by atoms with E-state index in [0.29, 0.717) is 30.3 Å². The average molecular weight is 357 g/mol. The van der Waals surface area contributed by atoms with Gasteiger partial charge in [0.25, 0.3) is 0 Å².